The molecule has 1 aliphatic rings. The van der Waals surface area contributed by atoms with Gasteiger partial charge in [-0.05, 0) is 37.3 Å². The molecule has 132 valence electrons. The van der Waals surface area contributed by atoms with Gasteiger partial charge in [-0.25, -0.2) is 9.97 Å². The molecule has 0 spiro atoms. The zero-order valence-electron chi connectivity index (χ0n) is 14.9. The highest BCUT2D eigenvalue weighted by Crippen LogP contribution is 2.22. The molecule has 2 aromatic rings. The van der Waals surface area contributed by atoms with Crippen LogP contribution in [0.4, 0.5) is 11.6 Å². The summed E-state index contributed by atoms with van der Waals surface area (Å²) in [5.41, 5.74) is 1.00. The summed E-state index contributed by atoms with van der Waals surface area (Å²) in [7, 11) is 0. The van der Waals surface area contributed by atoms with E-state index in [1.807, 2.05) is 43.1 Å². The van der Waals surface area contributed by atoms with Crippen LogP contribution in [-0.4, -0.2) is 38.8 Å². The van der Waals surface area contributed by atoms with E-state index in [-0.39, 0.29) is 11.8 Å². The number of piperidine rings is 1. The molecule has 1 amide bonds. The van der Waals surface area contributed by atoms with Gasteiger partial charge >= 0.3 is 0 Å². The number of aromatic nitrogens is 3. The number of hydrogen-bond acceptors (Lipinski definition) is 5. The van der Waals surface area contributed by atoms with E-state index in [0.717, 1.165) is 43.9 Å². The van der Waals surface area contributed by atoms with Crippen LogP contribution in [0.15, 0.2) is 36.8 Å². The molecule has 3 rings (SSSR count). The summed E-state index contributed by atoms with van der Waals surface area (Å²) in [6.45, 7) is 5.64. The Morgan fingerprint density at radius 3 is 2.56 bits per heavy atom. The third kappa shape index (κ3) is 4.75. The highest BCUT2D eigenvalue weighted by Gasteiger charge is 2.24. The van der Waals surface area contributed by atoms with Crippen molar-refractivity contribution in [2.45, 2.75) is 33.1 Å². The Kier molecular flexibility index (Phi) is 5.58. The summed E-state index contributed by atoms with van der Waals surface area (Å²) in [6.07, 6.45) is 8.31. The first kappa shape index (κ1) is 17.3. The number of nitrogens with zero attached hydrogens (tertiary/aromatic N) is 4. The smallest absolute Gasteiger partial charge is 0.225 e. The molecular weight excluding hydrogens is 314 g/mol. The molecule has 1 aliphatic heterocycles. The van der Waals surface area contributed by atoms with Gasteiger partial charge in [0.05, 0.1) is 18.1 Å². The summed E-state index contributed by atoms with van der Waals surface area (Å²) < 4.78 is 0. The normalized spacial score (nSPS) is 15.4. The van der Waals surface area contributed by atoms with Gasteiger partial charge in [0.2, 0.25) is 5.91 Å². The van der Waals surface area contributed by atoms with E-state index in [1.165, 1.54) is 0 Å². The number of rotatable bonds is 5. The van der Waals surface area contributed by atoms with Crippen molar-refractivity contribution < 1.29 is 4.79 Å². The number of anilines is 2. The average Bonchev–Trinajstić information content (AvgIpc) is 2.64. The number of nitrogens with one attached hydrogen (secondary N) is 1. The molecule has 1 N–H and O–H groups in total. The molecule has 0 aromatic carbocycles. The highest BCUT2D eigenvalue weighted by atomic mass is 16.2. The topological polar surface area (TPSA) is 71.0 Å². The lowest BCUT2D eigenvalue weighted by Crippen LogP contribution is -2.41. The van der Waals surface area contributed by atoms with E-state index in [1.54, 1.807) is 12.4 Å². The molecule has 0 saturated carbocycles. The molecule has 6 heteroatoms. The number of carbonyl (C=O) groups is 1. The fourth-order valence-electron chi connectivity index (χ4n) is 3.11. The molecule has 25 heavy (non-hydrogen) atoms. The van der Waals surface area contributed by atoms with Crippen LogP contribution in [0.2, 0.25) is 0 Å². The minimum atomic E-state index is 0.0848. The minimum Gasteiger partial charge on any atom is -0.342 e. The van der Waals surface area contributed by atoms with Gasteiger partial charge in [0, 0.05) is 25.2 Å². The van der Waals surface area contributed by atoms with Gasteiger partial charge in [0.1, 0.15) is 11.6 Å². The first-order valence-electron chi connectivity index (χ1n) is 8.89. The second-order valence-corrected chi connectivity index (χ2v) is 6.86. The van der Waals surface area contributed by atoms with Crippen LogP contribution in [0.3, 0.4) is 0 Å². The van der Waals surface area contributed by atoms with Crippen LogP contribution in [-0.2, 0) is 11.2 Å². The lowest BCUT2D eigenvalue weighted by molar-refractivity contribution is -0.135. The van der Waals surface area contributed by atoms with Crippen molar-refractivity contribution in [1.29, 1.82) is 0 Å². The molecule has 0 bridgehead atoms. The van der Waals surface area contributed by atoms with Crippen LogP contribution < -0.4 is 5.32 Å². The predicted molar refractivity (Wildman–Crippen MR) is 97.4 cm³/mol. The number of carbonyl (C=O) groups excluding carboxylic acids is 1. The summed E-state index contributed by atoms with van der Waals surface area (Å²) in [5.74, 6) is 2.37. The number of pyridine rings is 1. The van der Waals surface area contributed by atoms with E-state index in [0.29, 0.717) is 11.7 Å². The van der Waals surface area contributed by atoms with Crippen molar-refractivity contribution in [3.63, 3.8) is 0 Å². The Balaban J connectivity index is 1.50. The summed E-state index contributed by atoms with van der Waals surface area (Å²) >= 11 is 0. The van der Waals surface area contributed by atoms with Crippen molar-refractivity contribution in [2.24, 2.45) is 11.8 Å². The minimum absolute atomic E-state index is 0.0848. The van der Waals surface area contributed by atoms with E-state index in [9.17, 15) is 4.79 Å². The van der Waals surface area contributed by atoms with Gasteiger partial charge in [0.25, 0.3) is 0 Å². The molecule has 0 aliphatic carbocycles. The van der Waals surface area contributed by atoms with Gasteiger partial charge in [-0.3, -0.25) is 9.78 Å². The van der Waals surface area contributed by atoms with Crippen LogP contribution in [0.1, 0.15) is 32.4 Å². The quantitative estimate of drug-likeness (QED) is 0.906. The molecular formula is C19H25N5O. The van der Waals surface area contributed by atoms with Crippen LogP contribution >= 0.6 is 0 Å². The first-order valence-corrected chi connectivity index (χ1v) is 8.89. The Morgan fingerprint density at radius 1 is 1.16 bits per heavy atom. The maximum Gasteiger partial charge on any atom is 0.225 e. The second-order valence-electron chi connectivity index (χ2n) is 6.86. The summed E-state index contributed by atoms with van der Waals surface area (Å²) in [4.78, 5) is 27.2. The van der Waals surface area contributed by atoms with Crippen LogP contribution in [0.5, 0.6) is 0 Å². The third-order valence-corrected chi connectivity index (χ3v) is 4.54. The zero-order valence-corrected chi connectivity index (χ0v) is 14.9. The van der Waals surface area contributed by atoms with Crippen molar-refractivity contribution in [1.82, 2.24) is 19.9 Å². The van der Waals surface area contributed by atoms with Crippen LogP contribution in [0.25, 0.3) is 0 Å². The summed E-state index contributed by atoms with van der Waals surface area (Å²) in [6, 6.07) is 5.69. The molecule has 3 heterocycles. The predicted octanol–water partition coefficient (Wildman–Crippen LogP) is 3.05. The Morgan fingerprint density at radius 2 is 1.96 bits per heavy atom. The number of amides is 1. The maximum absolute atomic E-state index is 12.0. The zero-order chi connectivity index (χ0) is 17.6. The Labute approximate surface area is 148 Å². The molecule has 0 atom stereocenters. The monoisotopic (exact) mass is 339 g/mol. The van der Waals surface area contributed by atoms with E-state index < -0.39 is 0 Å². The molecule has 1 fully saturated rings. The third-order valence-electron chi connectivity index (χ3n) is 4.54. The molecule has 2 aromatic heterocycles. The summed E-state index contributed by atoms with van der Waals surface area (Å²) in [5, 5.41) is 3.13. The lowest BCUT2D eigenvalue weighted by atomic mass is 9.92. The largest absolute Gasteiger partial charge is 0.342 e. The van der Waals surface area contributed by atoms with Gasteiger partial charge in [-0.15, -0.1) is 0 Å². The van der Waals surface area contributed by atoms with Gasteiger partial charge in [0.15, 0.2) is 0 Å². The van der Waals surface area contributed by atoms with Crippen LogP contribution in [0, 0.1) is 11.8 Å². The van der Waals surface area contributed by atoms with Crippen molar-refractivity contribution >= 4 is 17.5 Å². The fourth-order valence-corrected chi connectivity index (χ4v) is 3.11. The van der Waals surface area contributed by atoms with Crippen molar-refractivity contribution in [3.05, 3.63) is 42.5 Å². The molecule has 0 unspecified atom stereocenters. The number of likely N-dealkylation sites (tertiary alicyclic amines) is 1. The fraction of sp³-hybridized carbons (Fsp3) is 0.474. The Hall–Kier alpha value is -2.50. The number of hydrogen-bond donors (Lipinski definition) is 1. The average molecular weight is 339 g/mol. The molecule has 6 nitrogen and oxygen atoms in total. The van der Waals surface area contributed by atoms with E-state index in [4.69, 9.17) is 0 Å². The lowest BCUT2D eigenvalue weighted by Gasteiger charge is -2.33. The molecule has 0 radical (unpaired) electrons. The van der Waals surface area contributed by atoms with E-state index in [2.05, 4.69) is 20.3 Å². The van der Waals surface area contributed by atoms with Crippen molar-refractivity contribution in [3.8, 4) is 0 Å². The van der Waals surface area contributed by atoms with Crippen molar-refractivity contribution in [2.75, 3.05) is 18.4 Å². The maximum atomic E-state index is 12.0. The first-order chi connectivity index (χ1) is 12.1. The SMILES string of the molecule is CC(C)C(=O)N1CCC(Cc2cnc(Nc3ccccn3)cn2)CC1. The standard InChI is InChI=1S/C19H25N5O/c1-14(2)19(25)24-9-6-15(7-10-24)11-16-12-22-18(13-21-16)23-17-5-3-4-8-20-17/h3-5,8,12-15H,6-7,9-11H2,1-2H3,(H,20,22,23). The van der Waals surface area contributed by atoms with E-state index >= 15 is 0 Å². The van der Waals surface area contributed by atoms with Gasteiger partial charge < -0.3 is 10.2 Å². The molecule has 1 saturated heterocycles. The van der Waals surface area contributed by atoms with Gasteiger partial charge in [-0.1, -0.05) is 19.9 Å². The second kappa shape index (κ2) is 8.05. The van der Waals surface area contributed by atoms with Gasteiger partial charge in [-0.2, -0.15) is 0 Å². The Bertz CT molecular complexity index is 679. The highest BCUT2D eigenvalue weighted by molar-refractivity contribution is 5.78.